The number of nitrogens with one attached hydrogen (secondary N) is 1. The van der Waals surface area contributed by atoms with Crippen molar-refractivity contribution in [3.8, 4) is 5.88 Å². The van der Waals surface area contributed by atoms with Gasteiger partial charge in [0.1, 0.15) is 24.3 Å². The predicted molar refractivity (Wildman–Crippen MR) is 133 cm³/mol. The van der Waals surface area contributed by atoms with Crippen molar-refractivity contribution < 1.29 is 9.53 Å². The van der Waals surface area contributed by atoms with Gasteiger partial charge in [0, 0.05) is 54.6 Å². The van der Waals surface area contributed by atoms with Crippen LogP contribution in [0.15, 0.2) is 48.8 Å². The van der Waals surface area contributed by atoms with Crippen molar-refractivity contribution in [1.82, 2.24) is 29.6 Å². The van der Waals surface area contributed by atoms with Crippen molar-refractivity contribution in [1.29, 1.82) is 0 Å². The van der Waals surface area contributed by atoms with Crippen molar-refractivity contribution in [2.45, 2.75) is 45.9 Å². The lowest BCUT2D eigenvalue weighted by Crippen LogP contribution is -2.38. The average molecular weight is 473 g/mol. The molecule has 10 heteroatoms. The lowest BCUT2D eigenvalue weighted by Gasteiger charge is -2.24. The molecule has 0 bridgehead atoms. The van der Waals surface area contributed by atoms with Crippen molar-refractivity contribution in [2.75, 3.05) is 17.6 Å². The molecule has 4 aromatic rings. The number of nitrogen functional groups attached to an aromatic ring is 1. The van der Waals surface area contributed by atoms with Crippen molar-refractivity contribution in [3.63, 3.8) is 0 Å². The zero-order valence-corrected chi connectivity index (χ0v) is 20.0. The Labute approximate surface area is 203 Å². The van der Waals surface area contributed by atoms with Crippen LogP contribution < -0.4 is 15.8 Å². The van der Waals surface area contributed by atoms with E-state index in [9.17, 15) is 4.79 Å². The summed E-state index contributed by atoms with van der Waals surface area (Å²) in [7, 11) is 0. The van der Waals surface area contributed by atoms with Crippen molar-refractivity contribution in [2.24, 2.45) is 0 Å². The molecule has 0 unspecified atom stereocenters. The number of rotatable bonds is 6. The molecule has 0 aromatic carbocycles. The second-order valence-corrected chi connectivity index (χ2v) is 8.89. The van der Waals surface area contributed by atoms with Gasteiger partial charge in [0.25, 0.3) is 0 Å². The third-order valence-corrected chi connectivity index (χ3v) is 6.07. The van der Waals surface area contributed by atoms with E-state index in [1.54, 1.807) is 23.1 Å². The van der Waals surface area contributed by atoms with Gasteiger partial charge in [0.05, 0.1) is 5.69 Å². The monoisotopic (exact) mass is 472 g/mol. The highest BCUT2D eigenvalue weighted by Crippen LogP contribution is 2.28. The molecule has 180 valence electrons. The van der Waals surface area contributed by atoms with Crippen LogP contribution in [0.25, 0.3) is 10.8 Å². The van der Waals surface area contributed by atoms with Crippen LogP contribution >= 0.6 is 0 Å². The molecule has 0 fully saturated rings. The van der Waals surface area contributed by atoms with E-state index in [1.165, 1.54) is 0 Å². The molecule has 4 aromatic heterocycles. The first-order chi connectivity index (χ1) is 16.9. The number of nitrogens with two attached hydrogens (primary N) is 1. The number of carbonyl (C=O) groups excluding carboxylic acids is 1. The van der Waals surface area contributed by atoms with E-state index < -0.39 is 0 Å². The molecule has 3 N–H and O–H groups in total. The summed E-state index contributed by atoms with van der Waals surface area (Å²) < 4.78 is 7.68. The van der Waals surface area contributed by atoms with E-state index in [0.29, 0.717) is 35.6 Å². The van der Waals surface area contributed by atoms with E-state index in [1.807, 2.05) is 56.0 Å². The maximum Gasteiger partial charge on any atom is 0.244 e. The van der Waals surface area contributed by atoms with Gasteiger partial charge in [-0.05, 0) is 44.4 Å². The van der Waals surface area contributed by atoms with E-state index >= 15 is 0 Å². The highest BCUT2D eigenvalue weighted by atomic mass is 16.5. The molecular formula is C25H28N8O2. The molecule has 0 aliphatic carbocycles. The van der Waals surface area contributed by atoms with Crippen molar-refractivity contribution >= 4 is 34.1 Å². The summed E-state index contributed by atoms with van der Waals surface area (Å²) in [6, 6.07) is 11.5. The zero-order chi connectivity index (χ0) is 24.5. The van der Waals surface area contributed by atoms with Gasteiger partial charge in [-0.25, -0.2) is 15.0 Å². The molecule has 5 heterocycles. The molecule has 1 atom stereocenters. The molecule has 0 spiro atoms. The molecule has 5 rings (SSSR count). The normalized spacial score (nSPS) is 14.6. The summed E-state index contributed by atoms with van der Waals surface area (Å²) in [5.41, 5.74) is 7.93. The van der Waals surface area contributed by atoms with Gasteiger partial charge in [-0.1, -0.05) is 6.07 Å². The fraction of sp³-hybridized carbons (Fsp3) is 0.320. The van der Waals surface area contributed by atoms with Crippen LogP contribution in [0, 0.1) is 0 Å². The summed E-state index contributed by atoms with van der Waals surface area (Å²) >= 11 is 0. The highest BCUT2D eigenvalue weighted by molar-refractivity contribution is 5.92. The fourth-order valence-electron chi connectivity index (χ4n) is 4.24. The van der Waals surface area contributed by atoms with Crippen LogP contribution in [-0.4, -0.2) is 48.1 Å². The molecule has 1 amide bonds. The Hall–Kier alpha value is -4.21. The number of hydrogen-bond acceptors (Lipinski definition) is 8. The number of amides is 1. The quantitative estimate of drug-likeness (QED) is 0.437. The number of fused-ring (bicyclic) bond motifs is 2. The third-order valence-electron chi connectivity index (χ3n) is 6.07. The summed E-state index contributed by atoms with van der Waals surface area (Å²) in [4.78, 5) is 27.6. The van der Waals surface area contributed by atoms with Gasteiger partial charge >= 0.3 is 0 Å². The van der Waals surface area contributed by atoms with Crippen LogP contribution in [0.5, 0.6) is 5.88 Å². The minimum atomic E-state index is -0.340. The van der Waals surface area contributed by atoms with Gasteiger partial charge in [-0.3, -0.25) is 9.48 Å². The lowest BCUT2D eigenvalue weighted by atomic mass is 10.1. The Morgan fingerprint density at radius 1 is 1.11 bits per heavy atom. The summed E-state index contributed by atoms with van der Waals surface area (Å²) in [6.07, 6.45) is 3.79. The third kappa shape index (κ3) is 4.72. The first-order valence-electron chi connectivity index (χ1n) is 11.6. The summed E-state index contributed by atoms with van der Waals surface area (Å²) in [6.45, 7) is 6.89. The summed E-state index contributed by atoms with van der Waals surface area (Å²) in [5.74, 6) is 2.25. The molecule has 0 radical (unpaired) electrons. The molecule has 35 heavy (non-hydrogen) atoms. The zero-order valence-electron chi connectivity index (χ0n) is 20.0. The second kappa shape index (κ2) is 9.21. The molecule has 0 saturated carbocycles. The lowest BCUT2D eigenvalue weighted by molar-refractivity contribution is -0.133. The maximum atomic E-state index is 12.6. The molecule has 1 aliphatic rings. The molecule has 10 nitrogen and oxygen atoms in total. The fourth-order valence-corrected chi connectivity index (χ4v) is 4.24. The highest BCUT2D eigenvalue weighted by Gasteiger charge is 2.24. The van der Waals surface area contributed by atoms with Crippen LogP contribution in [0.4, 0.5) is 17.5 Å². The number of aromatic nitrogens is 5. The Morgan fingerprint density at radius 3 is 2.74 bits per heavy atom. The molecular weight excluding hydrogens is 444 g/mol. The Kier molecular flexibility index (Phi) is 5.94. The number of nitrogens with zero attached hydrogens (tertiary/aromatic N) is 6. The Bertz CT molecular complexity index is 1370. The van der Waals surface area contributed by atoms with Gasteiger partial charge in [0.15, 0.2) is 5.82 Å². The van der Waals surface area contributed by atoms with E-state index in [4.69, 9.17) is 10.5 Å². The number of anilines is 3. The van der Waals surface area contributed by atoms with Gasteiger partial charge in [-0.15, -0.1) is 0 Å². The van der Waals surface area contributed by atoms with Gasteiger partial charge < -0.3 is 20.7 Å². The standard InChI is InChI=1S/C25H28N8O2/c1-15(2)32-9-7-18-12-22(31-33(18)14-24(32)34)30-21-11-17-10-20(29-25(26)19(17)13-28-21)16(3)35-23-6-4-5-8-27-23/h4-6,8,10-13,15-16H,7,9,14H2,1-3H3,(H2,26,29)(H,28,30,31)/t16-/m0/s1. The maximum absolute atomic E-state index is 12.6. The number of ether oxygens (including phenoxy) is 1. The van der Waals surface area contributed by atoms with Crippen LogP contribution in [-0.2, 0) is 17.8 Å². The predicted octanol–water partition coefficient (Wildman–Crippen LogP) is 3.48. The first kappa shape index (κ1) is 22.6. The van der Waals surface area contributed by atoms with Crippen LogP contribution in [0.1, 0.15) is 38.3 Å². The average Bonchev–Trinajstić information content (AvgIpc) is 3.12. The Balaban J connectivity index is 1.37. The van der Waals surface area contributed by atoms with Crippen LogP contribution in [0.3, 0.4) is 0 Å². The number of hydrogen-bond donors (Lipinski definition) is 2. The van der Waals surface area contributed by atoms with E-state index in [2.05, 4.69) is 25.4 Å². The SMILES string of the molecule is CC(C)N1CCc2cc(Nc3cc4cc([C@H](C)Oc5ccccn5)nc(N)c4cn3)nn2CC1=O. The van der Waals surface area contributed by atoms with Gasteiger partial charge in [-0.2, -0.15) is 5.10 Å². The minimum Gasteiger partial charge on any atom is -0.468 e. The van der Waals surface area contributed by atoms with Crippen molar-refractivity contribution in [3.05, 3.63) is 60.2 Å². The smallest absolute Gasteiger partial charge is 0.244 e. The summed E-state index contributed by atoms with van der Waals surface area (Å²) in [5, 5.41) is 9.49. The Morgan fingerprint density at radius 2 is 1.97 bits per heavy atom. The van der Waals surface area contributed by atoms with E-state index in [0.717, 1.165) is 22.9 Å². The number of pyridine rings is 3. The van der Waals surface area contributed by atoms with E-state index in [-0.39, 0.29) is 24.6 Å². The molecule has 1 aliphatic heterocycles. The first-order valence-corrected chi connectivity index (χ1v) is 11.6. The molecule has 0 saturated heterocycles. The number of carbonyl (C=O) groups is 1. The second-order valence-electron chi connectivity index (χ2n) is 8.89. The minimum absolute atomic E-state index is 0.0785. The van der Waals surface area contributed by atoms with Crippen LogP contribution in [0.2, 0.25) is 0 Å². The topological polar surface area (TPSA) is 124 Å². The van der Waals surface area contributed by atoms with Gasteiger partial charge in [0.2, 0.25) is 11.8 Å². The largest absolute Gasteiger partial charge is 0.468 e.